The van der Waals surface area contributed by atoms with Crippen molar-refractivity contribution in [3.8, 4) is 5.75 Å². The molecule has 41 heavy (non-hydrogen) atoms. The van der Waals surface area contributed by atoms with Gasteiger partial charge in [-0.25, -0.2) is 19.8 Å². The Morgan fingerprint density at radius 1 is 1.15 bits per heavy atom. The Bertz CT molecular complexity index is 1800. The first kappa shape index (κ1) is 28.6. The van der Waals surface area contributed by atoms with Crippen molar-refractivity contribution in [2.45, 2.75) is 56.8 Å². The minimum absolute atomic E-state index is 0.205. The van der Waals surface area contributed by atoms with Crippen LogP contribution in [-0.4, -0.2) is 34.2 Å². The Hall–Kier alpha value is -3.96. The van der Waals surface area contributed by atoms with Gasteiger partial charge in [0.15, 0.2) is 15.1 Å². The average molecular weight is 591 g/mol. The van der Waals surface area contributed by atoms with Gasteiger partial charge in [-0.1, -0.05) is 42.9 Å². The number of methoxy groups -OCH3 is 1. The Morgan fingerprint density at radius 3 is 2.61 bits per heavy atom. The summed E-state index contributed by atoms with van der Waals surface area (Å²) in [6.07, 6.45) is 3.03. The second kappa shape index (κ2) is 12.3. The van der Waals surface area contributed by atoms with Gasteiger partial charge >= 0.3 is 5.97 Å². The van der Waals surface area contributed by atoms with Crippen molar-refractivity contribution in [3.63, 3.8) is 0 Å². The highest BCUT2D eigenvalue weighted by molar-refractivity contribution is 7.99. The SMILES string of the molecule is CCCC1=C(C(=O)OCC)[C@@H](c2ccccc2OC)n2c(s/c(=C/c3ccc(Sc4nc(C)cc(C)n4)o3)c2=O)=N1. The van der Waals surface area contributed by atoms with Gasteiger partial charge in [0.1, 0.15) is 17.6 Å². The number of fused-ring (bicyclic) bond motifs is 1. The van der Waals surface area contributed by atoms with Gasteiger partial charge in [-0.3, -0.25) is 9.36 Å². The third kappa shape index (κ3) is 5.91. The van der Waals surface area contributed by atoms with Crippen molar-refractivity contribution in [1.29, 1.82) is 0 Å². The molecule has 1 aliphatic heterocycles. The molecule has 0 radical (unpaired) electrons. The number of hydrogen-bond donors (Lipinski definition) is 0. The quantitative estimate of drug-likeness (QED) is 0.203. The zero-order chi connectivity index (χ0) is 29.1. The van der Waals surface area contributed by atoms with Crippen LogP contribution in [-0.2, 0) is 9.53 Å². The molecule has 4 heterocycles. The van der Waals surface area contributed by atoms with E-state index in [0.29, 0.717) is 54.3 Å². The molecule has 4 aromatic rings. The maximum absolute atomic E-state index is 14.0. The van der Waals surface area contributed by atoms with Crippen molar-refractivity contribution < 1.29 is 18.7 Å². The van der Waals surface area contributed by atoms with E-state index in [1.807, 2.05) is 57.2 Å². The first-order valence-corrected chi connectivity index (χ1v) is 14.9. The number of esters is 1. The molecular formula is C30H30N4O5S2. The fourth-order valence-electron chi connectivity index (χ4n) is 4.73. The fourth-order valence-corrected chi connectivity index (χ4v) is 6.57. The van der Waals surface area contributed by atoms with Crippen LogP contribution in [0.5, 0.6) is 5.75 Å². The van der Waals surface area contributed by atoms with E-state index in [2.05, 4.69) is 9.97 Å². The maximum atomic E-state index is 14.0. The molecule has 0 saturated heterocycles. The van der Waals surface area contributed by atoms with Gasteiger partial charge in [-0.15, -0.1) is 0 Å². The van der Waals surface area contributed by atoms with E-state index >= 15 is 0 Å². The standard InChI is InChI=1S/C30H30N4O5S2/c1-6-10-21-25(28(36)38-7-2)26(20-11-8-9-12-22(20)37-5)34-27(35)23(40-30(34)33-21)16-19-13-14-24(39-19)41-29-31-17(3)15-18(4)32-29/h8-9,11-16,26H,6-7,10H2,1-5H3/b23-16+/t26-/m1/s1. The molecule has 5 rings (SSSR count). The summed E-state index contributed by atoms with van der Waals surface area (Å²) in [5.41, 5.74) is 3.11. The summed E-state index contributed by atoms with van der Waals surface area (Å²) in [4.78, 5) is 41.5. The summed E-state index contributed by atoms with van der Waals surface area (Å²) in [5.74, 6) is 0.577. The summed E-state index contributed by atoms with van der Waals surface area (Å²) in [6.45, 7) is 7.83. The number of benzene rings is 1. The number of thiazole rings is 1. The number of hydrogen-bond acceptors (Lipinski definition) is 10. The molecule has 0 bridgehead atoms. The molecule has 3 aromatic heterocycles. The van der Waals surface area contributed by atoms with E-state index in [1.165, 1.54) is 23.1 Å². The summed E-state index contributed by atoms with van der Waals surface area (Å²) >= 11 is 2.57. The summed E-state index contributed by atoms with van der Waals surface area (Å²) in [6, 6.07) is 12.2. The fraction of sp³-hybridized carbons (Fsp3) is 0.300. The van der Waals surface area contributed by atoms with Crippen LogP contribution in [0, 0.1) is 13.8 Å². The van der Waals surface area contributed by atoms with Crippen LogP contribution in [0.2, 0.25) is 0 Å². The van der Waals surface area contributed by atoms with Crippen LogP contribution in [0.25, 0.3) is 6.08 Å². The Kier molecular flexibility index (Phi) is 8.55. The second-order valence-corrected chi connectivity index (χ2v) is 11.3. The van der Waals surface area contributed by atoms with Crippen molar-refractivity contribution in [2.24, 2.45) is 4.99 Å². The number of allylic oxidation sites excluding steroid dienone is 1. The van der Waals surface area contributed by atoms with Crippen LogP contribution in [0.3, 0.4) is 0 Å². The van der Waals surface area contributed by atoms with Gasteiger partial charge < -0.3 is 13.9 Å². The van der Waals surface area contributed by atoms with Gasteiger partial charge in [0.25, 0.3) is 5.56 Å². The van der Waals surface area contributed by atoms with E-state index in [-0.39, 0.29) is 12.2 Å². The number of rotatable bonds is 9. The van der Waals surface area contributed by atoms with Crippen molar-refractivity contribution in [1.82, 2.24) is 14.5 Å². The Morgan fingerprint density at radius 2 is 1.90 bits per heavy atom. The lowest BCUT2D eigenvalue weighted by molar-refractivity contribution is -0.139. The number of para-hydroxylation sites is 1. The van der Waals surface area contributed by atoms with Gasteiger partial charge in [0.2, 0.25) is 0 Å². The molecule has 1 atom stereocenters. The van der Waals surface area contributed by atoms with Crippen molar-refractivity contribution >= 4 is 35.1 Å². The normalized spacial score (nSPS) is 15.0. The molecule has 0 aliphatic carbocycles. The molecule has 0 fully saturated rings. The lowest BCUT2D eigenvalue weighted by Crippen LogP contribution is -2.40. The number of carbonyl (C=O) groups is 1. The molecule has 0 spiro atoms. The van der Waals surface area contributed by atoms with Gasteiger partial charge in [0.05, 0.1) is 29.5 Å². The van der Waals surface area contributed by atoms with Crippen molar-refractivity contribution in [3.05, 3.63) is 96.1 Å². The van der Waals surface area contributed by atoms with E-state index in [1.54, 1.807) is 30.7 Å². The predicted octanol–water partition coefficient (Wildman–Crippen LogP) is 4.74. The van der Waals surface area contributed by atoms with Crippen LogP contribution in [0.4, 0.5) is 0 Å². The summed E-state index contributed by atoms with van der Waals surface area (Å²) in [5, 5.41) is 1.20. The van der Waals surface area contributed by atoms with E-state index < -0.39 is 12.0 Å². The molecule has 11 heteroatoms. The van der Waals surface area contributed by atoms with Gasteiger partial charge in [-0.05, 0) is 63.2 Å². The maximum Gasteiger partial charge on any atom is 0.338 e. The predicted molar refractivity (Wildman–Crippen MR) is 157 cm³/mol. The smallest absolute Gasteiger partial charge is 0.338 e. The third-order valence-corrected chi connectivity index (χ3v) is 8.12. The number of aromatic nitrogens is 3. The number of aryl methyl sites for hydroxylation is 2. The summed E-state index contributed by atoms with van der Waals surface area (Å²) < 4.78 is 19.1. The lowest BCUT2D eigenvalue weighted by Gasteiger charge is -2.26. The number of nitrogens with zero attached hydrogens (tertiary/aromatic N) is 4. The first-order valence-electron chi connectivity index (χ1n) is 13.3. The topological polar surface area (TPSA) is 109 Å². The van der Waals surface area contributed by atoms with Crippen LogP contribution < -0.4 is 19.6 Å². The first-order chi connectivity index (χ1) is 19.8. The number of furan rings is 1. The highest BCUT2D eigenvalue weighted by Gasteiger charge is 2.35. The molecular weight excluding hydrogens is 560 g/mol. The molecule has 0 N–H and O–H groups in total. The van der Waals surface area contributed by atoms with Crippen molar-refractivity contribution in [2.75, 3.05) is 13.7 Å². The zero-order valence-electron chi connectivity index (χ0n) is 23.5. The van der Waals surface area contributed by atoms with E-state index in [4.69, 9.17) is 18.9 Å². The molecule has 1 aliphatic rings. The average Bonchev–Trinajstić information content (AvgIpc) is 3.50. The highest BCUT2D eigenvalue weighted by atomic mass is 32.2. The Balaban J connectivity index is 1.63. The molecule has 0 unspecified atom stereocenters. The van der Waals surface area contributed by atoms with E-state index in [0.717, 1.165) is 17.8 Å². The minimum atomic E-state index is -0.755. The number of ether oxygens (including phenoxy) is 2. The van der Waals surface area contributed by atoms with Gasteiger partial charge in [-0.2, -0.15) is 0 Å². The lowest BCUT2D eigenvalue weighted by atomic mass is 9.93. The molecule has 0 saturated carbocycles. The highest BCUT2D eigenvalue weighted by Crippen LogP contribution is 2.37. The van der Waals surface area contributed by atoms with Crippen LogP contribution >= 0.6 is 23.1 Å². The minimum Gasteiger partial charge on any atom is -0.496 e. The monoisotopic (exact) mass is 590 g/mol. The zero-order valence-corrected chi connectivity index (χ0v) is 25.1. The van der Waals surface area contributed by atoms with Gasteiger partial charge in [0, 0.05) is 23.0 Å². The van der Waals surface area contributed by atoms with Crippen LogP contribution in [0.1, 0.15) is 55.4 Å². The third-order valence-electron chi connectivity index (χ3n) is 6.35. The molecule has 1 aromatic carbocycles. The van der Waals surface area contributed by atoms with E-state index in [9.17, 15) is 9.59 Å². The van der Waals surface area contributed by atoms with Crippen LogP contribution in [0.15, 0.2) is 78.2 Å². The molecule has 212 valence electrons. The Labute approximate surface area is 245 Å². The summed E-state index contributed by atoms with van der Waals surface area (Å²) in [7, 11) is 1.57. The largest absolute Gasteiger partial charge is 0.496 e. The molecule has 0 amide bonds. The molecule has 9 nitrogen and oxygen atoms in total. The number of carbonyl (C=O) groups excluding carboxylic acids is 1. The second-order valence-electron chi connectivity index (χ2n) is 9.35.